The fourth-order valence-electron chi connectivity index (χ4n) is 3.90. The average Bonchev–Trinajstić information content (AvgIpc) is 3.28. The number of rotatable bonds is 5. The Hall–Kier alpha value is -2.71. The zero-order valence-corrected chi connectivity index (χ0v) is 18.7. The molecular formula is C22H22ClN3O4S. The monoisotopic (exact) mass is 459 g/mol. The van der Waals surface area contributed by atoms with Gasteiger partial charge in [0.2, 0.25) is 17.7 Å². The SMILES string of the molecule is Cc1ccc(C(C)C(=O)NCc2scc3c2CN(C2CCC(=O)NC2=O)C3=O)cc1Cl. The summed E-state index contributed by atoms with van der Waals surface area (Å²) in [6.07, 6.45) is 0.545. The molecule has 1 saturated heterocycles. The quantitative estimate of drug-likeness (QED) is 0.672. The number of piperidine rings is 1. The number of fused-ring (bicyclic) bond motifs is 1. The number of aryl methyl sites for hydroxylation is 1. The Balaban J connectivity index is 1.42. The fraction of sp³-hybridized carbons (Fsp3) is 0.364. The van der Waals surface area contributed by atoms with Crippen LogP contribution in [0, 0.1) is 6.92 Å². The second kappa shape index (κ2) is 8.43. The van der Waals surface area contributed by atoms with E-state index in [0.717, 1.165) is 21.6 Å². The van der Waals surface area contributed by atoms with Crippen molar-refractivity contribution < 1.29 is 19.2 Å². The number of halogens is 1. The minimum atomic E-state index is -0.642. The molecule has 0 spiro atoms. The Labute approximate surface area is 188 Å². The van der Waals surface area contributed by atoms with Crippen LogP contribution in [0.15, 0.2) is 23.6 Å². The highest BCUT2D eigenvalue weighted by atomic mass is 35.5. The van der Waals surface area contributed by atoms with Crippen LogP contribution in [0.3, 0.4) is 0 Å². The lowest BCUT2D eigenvalue weighted by molar-refractivity contribution is -0.137. The van der Waals surface area contributed by atoms with Gasteiger partial charge in [0.1, 0.15) is 6.04 Å². The van der Waals surface area contributed by atoms with Crippen LogP contribution in [0.1, 0.15) is 57.6 Å². The van der Waals surface area contributed by atoms with Crippen LogP contribution in [-0.4, -0.2) is 34.6 Å². The molecule has 2 N–H and O–H groups in total. The van der Waals surface area contributed by atoms with Crippen molar-refractivity contribution in [2.75, 3.05) is 0 Å². The van der Waals surface area contributed by atoms with E-state index in [1.807, 2.05) is 26.0 Å². The molecule has 0 saturated carbocycles. The van der Waals surface area contributed by atoms with Gasteiger partial charge in [-0.25, -0.2) is 0 Å². The maximum atomic E-state index is 12.8. The molecule has 2 aromatic rings. The van der Waals surface area contributed by atoms with Crippen molar-refractivity contribution in [3.05, 3.63) is 55.7 Å². The highest BCUT2D eigenvalue weighted by molar-refractivity contribution is 7.10. The normalized spacial score (nSPS) is 19.3. The van der Waals surface area contributed by atoms with Gasteiger partial charge in [-0.2, -0.15) is 0 Å². The van der Waals surface area contributed by atoms with Crippen molar-refractivity contribution in [2.24, 2.45) is 0 Å². The van der Waals surface area contributed by atoms with Crippen LogP contribution in [0.4, 0.5) is 0 Å². The molecule has 162 valence electrons. The molecule has 1 aromatic carbocycles. The maximum Gasteiger partial charge on any atom is 0.256 e. The molecule has 4 rings (SSSR count). The summed E-state index contributed by atoms with van der Waals surface area (Å²) in [6.45, 7) is 4.34. The number of imide groups is 1. The molecule has 0 bridgehead atoms. The molecular weight excluding hydrogens is 438 g/mol. The van der Waals surface area contributed by atoms with Crippen molar-refractivity contribution in [2.45, 2.75) is 51.7 Å². The molecule has 31 heavy (non-hydrogen) atoms. The van der Waals surface area contributed by atoms with E-state index < -0.39 is 11.9 Å². The van der Waals surface area contributed by atoms with Gasteiger partial charge >= 0.3 is 0 Å². The predicted octanol–water partition coefficient (Wildman–Crippen LogP) is 2.89. The van der Waals surface area contributed by atoms with Gasteiger partial charge in [0.15, 0.2) is 0 Å². The number of benzene rings is 1. The molecule has 2 aliphatic heterocycles. The summed E-state index contributed by atoms with van der Waals surface area (Å²) in [5, 5.41) is 7.64. The van der Waals surface area contributed by atoms with E-state index in [1.165, 1.54) is 16.2 Å². The van der Waals surface area contributed by atoms with Gasteiger partial charge in [0.05, 0.1) is 18.0 Å². The molecule has 2 atom stereocenters. The molecule has 4 amide bonds. The van der Waals surface area contributed by atoms with E-state index in [0.29, 0.717) is 30.1 Å². The van der Waals surface area contributed by atoms with E-state index in [9.17, 15) is 19.2 Å². The lowest BCUT2D eigenvalue weighted by Crippen LogP contribution is -2.52. The zero-order chi connectivity index (χ0) is 22.3. The van der Waals surface area contributed by atoms with Crippen molar-refractivity contribution >= 4 is 46.6 Å². The van der Waals surface area contributed by atoms with Crippen LogP contribution < -0.4 is 10.6 Å². The molecule has 7 nitrogen and oxygen atoms in total. The third kappa shape index (κ3) is 4.09. The first-order valence-corrected chi connectivity index (χ1v) is 11.3. The summed E-state index contributed by atoms with van der Waals surface area (Å²) in [7, 11) is 0. The van der Waals surface area contributed by atoms with Crippen molar-refractivity contribution in [3.63, 3.8) is 0 Å². The summed E-state index contributed by atoms with van der Waals surface area (Å²) < 4.78 is 0. The Bertz CT molecular complexity index is 1100. The van der Waals surface area contributed by atoms with Gasteiger partial charge < -0.3 is 10.2 Å². The van der Waals surface area contributed by atoms with E-state index >= 15 is 0 Å². The summed E-state index contributed by atoms with van der Waals surface area (Å²) in [5.74, 6) is -1.45. The van der Waals surface area contributed by atoms with Gasteiger partial charge in [0, 0.05) is 28.2 Å². The Morgan fingerprint density at radius 1 is 1.35 bits per heavy atom. The van der Waals surface area contributed by atoms with Crippen LogP contribution in [0.5, 0.6) is 0 Å². The Morgan fingerprint density at radius 2 is 2.13 bits per heavy atom. The van der Waals surface area contributed by atoms with Crippen LogP contribution in [-0.2, 0) is 27.5 Å². The summed E-state index contributed by atoms with van der Waals surface area (Å²) in [5.41, 5.74) is 3.20. The van der Waals surface area contributed by atoms with E-state index in [2.05, 4.69) is 10.6 Å². The van der Waals surface area contributed by atoms with Gasteiger partial charge in [0.25, 0.3) is 5.91 Å². The number of hydrogen-bond acceptors (Lipinski definition) is 5. The number of nitrogens with one attached hydrogen (secondary N) is 2. The summed E-state index contributed by atoms with van der Waals surface area (Å²) in [4.78, 5) is 51.4. The third-order valence-corrected chi connectivity index (χ3v) is 7.34. The van der Waals surface area contributed by atoms with Crippen LogP contribution in [0.25, 0.3) is 0 Å². The summed E-state index contributed by atoms with van der Waals surface area (Å²) >= 11 is 7.60. The average molecular weight is 460 g/mol. The van der Waals surface area contributed by atoms with E-state index in [-0.39, 0.29) is 30.1 Å². The van der Waals surface area contributed by atoms with Gasteiger partial charge in [-0.3, -0.25) is 24.5 Å². The minimum Gasteiger partial charge on any atom is -0.351 e. The largest absolute Gasteiger partial charge is 0.351 e. The van der Waals surface area contributed by atoms with Crippen molar-refractivity contribution in [3.8, 4) is 0 Å². The third-order valence-electron chi connectivity index (χ3n) is 5.90. The van der Waals surface area contributed by atoms with Crippen LogP contribution in [0.2, 0.25) is 5.02 Å². The molecule has 1 fully saturated rings. The highest BCUT2D eigenvalue weighted by Crippen LogP contribution is 2.34. The smallest absolute Gasteiger partial charge is 0.256 e. The first-order chi connectivity index (χ1) is 14.8. The number of carbonyl (C=O) groups excluding carboxylic acids is 4. The zero-order valence-electron chi connectivity index (χ0n) is 17.2. The second-order valence-electron chi connectivity index (χ2n) is 7.90. The predicted molar refractivity (Wildman–Crippen MR) is 117 cm³/mol. The molecule has 1 aromatic heterocycles. The number of nitrogens with zero attached hydrogens (tertiary/aromatic N) is 1. The van der Waals surface area contributed by atoms with Crippen LogP contribution >= 0.6 is 22.9 Å². The van der Waals surface area contributed by atoms with Gasteiger partial charge in [-0.1, -0.05) is 23.7 Å². The highest BCUT2D eigenvalue weighted by Gasteiger charge is 2.40. The lowest BCUT2D eigenvalue weighted by Gasteiger charge is -2.29. The Morgan fingerprint density at radius 3 is 2.84 bits per heavy atom. The van der Waals surface area contributed by atoms with Crippen molar-refractivity contribution in [1.82, 2.24) is 15.5 Å². The Kier molecular flexibility index (Phi) is 5.85. The standard InChI is InChI=1S/C22H22ClN3O4S/c1-11-3-4-13(7-16(11)23)12(2)20(28)24-8-18-14-9-26(22(30)15(14)10-31-18)17-5-6-19(27)25-21(17)29/h3-4,7,10,12,17H,5-6,8-9H2,1-2H3,(H,24,28)(H,25,27,29). The first-order valence-electron chi connectivity index (χ1n) is 10.0. The number of amides is 4. The number of thiophene rings is 1. The maximum absolute atomic E-state index is 12.8. The minimum absolute atomic E-state index is 0.131. The lowest BCUT2D eigenvalue weighted by atomic mass is 9.99. The molecule has 3 heterocycles. The number of carbonyl (C=O) groups is 4. The van der Waals surface area contributed by atoms with Crippen molar-refractivity contribution in [1.29, 1.82) is 0 Å². The summed E-state index contributed by atoms with van der Waals surface area (Å²) in [6, 6.07) is 4.95. The van der Waals surface area contributed by atoms with E-state index in [1.54, 1.807) is 11.4 Å². The second-order valence-corrected chi connectivity index (χ2v) is 9.27. The molecule has 2 unspecified atom stereocenters. The topological polar surface area (TPSA) is 95.6 Å². The first kappa shape index (κ1) is 21.5. The fourth-order valence-corrected chi connectivity index (χ4v) is 5.07. The van der Waals surface area contributed by atoms with E-state index in [4.69, 9.17) is 11.6 Å². The molecule has 0 aliphatic carbocycles. The molecule has 0 radical (unpaired) electrons. The number of hydrogen-bond donors (Lipinski definition) is 2. The van der Waals surface area contributed by atoms with Gasteiger partial charge in [-0.05, 0) is 43.0 Å². The van der Waals surface area contributed by atoms with Gasteiger partial charge in [-0.15, -0.1) is 11.3 Å². The molecule has 9 heteroatoms. The molecule has 2 aliphatic rings.